The highest BCUT2D eigenvalue weighted by molar-refractivity contribution is 5.81. The van der Waals surface area contributed by atoms with Crippen LogP contribution in [0, 0.1) is 23.4 Å². The number of benzene rings is 2. The predicted molar refractivity (Wildman–Crippen MR) is 172 cm³/mol. The minimum Gasteiger partial charge on any atom is -0.459 e. The molecule has 0 unspecified atom stereocenters. The summed E-state index contributed by atoms with van der Waals surface area (Å²) >= 11 is 0. The van der Waals surface area contributed by atoms with Crippen molar-refractivity contribution in [1.29, 1.82) is 0 Å². The van der Waals surface area contributed by atoms with Gasteiger partial charge in [0.2, 0.25) is 5.91 Å². The standard InChI is InChI=1S/C37H48F3N3O4/c1-23-20-41(34(36(45)47-37(2,3)4)18-26-8-7-25(17-32(26)39)24-5-6-24)13-14-43(23)35(44)31-22-42(28-11-15-46-16-12-28)21-30(31)29-10-9-27(38)19-33(29)40/h7-10,17,19,23-24,28,30-31,34H,5-6,11-16,18,20-22H2,1-4H3/t23-,30-,31+,34-/m0/s1. The lowest BCUT2D eigenvalue weighted by atomic mass is 9.87. The minimum atomic E-state index is -0.716. The molecular formula is C37H48F3N3O4. The zero-order valence-corrected chi connectivity index (χ0v) is 28.0. The molecule has 1 saturated carbocycles. The van der Waals surface area contributed by atoms with Crippen LogP contribution in [-0.2, 0) is 25.5 Å². The highest BCUT2D eigenvalue weighted by Gasteiger charge is 2.46. The summed E-state index contributed by atoms with van der Waals surface area (Å²) in [5, 5.41) is 0. The van der Waals surface area contributed by atoms with Crippen molar-refractivity contribution >= 4 is 11.9 Å². The number of ether oxygens (including phenoxy) is 2. The van der Waals surface area contributed by atoms with Gasteiger partial charge in [-0.2, -0.15) is 0 Å². The van der Waals surface area contributed by atoms with Crippen LogP contribution in [0.1, 0.15) is 81.9 Å². The fraction of sp³-hybridized carbons (Fsp3) is 0.622. The third-order valence-electron chi connectivity index (χ3n) is 10.3. The monoisotopic (exact) mass is 655 g/mol. The number of carbonyl (C=O) groups is 2. The lowest BCUT2D eigenvalue weighted by Crippen LogP contribution is -2.60. The maximum absolute atomic E-state index is 15.3. The molecule has 0 N–H and O–H groups in total. The van der Waals surface area contributed by atoms with E-state index in [0.717, 1.165) is 37.3 Å². The van der Waals surface area contributed by atoms with Gasteiger partial charge in [0.25, 0.3) is 0 Å². The van der Waals surface area contributed by atoms with Crippen LogP contribution in [0.5, 0.6) is 0 Å². The van der Waals surface area contributed by atoms with Crippen molar-refractivity contribution < 1.29 is 32.2 Å². The van der Waals surface area contributed by atoms with Crippen molar-refractivity contribution in [3.05, 3.63) is 70.5 Å². The van der Waals surface area contributed by atoms with E-state index in [9.17, 15) is 14.0 Å². The zero-order chi connectivity index (χ0) is 33.5. The van der Waals surface area contributed by atoms with Crippen molar-refractivity contribution in [3.8, 4) is 0 Å². The van der Waals surface area contributed by atoms with Crippen molar-refractivity contribution in [2.45, 2.75) is 95.4 Å². The molecular weight excluding hydrogens is 607 g/mol. The van der Waals surface area contributed by atoms with Crippen molar-refractivity contribution in [2.75, 3.05) is 45.9 Å². The van der Waals surface area contributed by atoms with Gasteiger partial charge < -0.3 is 14.4 Å². The van der Waals surface area contributed by atoms with E-state index < -0.39 is 41.1 Å². The highest BCUT2D eigenvalue weighted by atomic mass is 19.1. The Bertz CT molecular complexity index is 1450. The first-order valence-corrected chi connectivity index (χ1v) is 17.2. The van der Waals surface area contributed by atoms with Crippen molar-refractivity contribution in [2.24, 2.45) is 5.92 Å². The third kappa shape index (κ3) is 7.86. The molecule has 1 aliphatic carbocycles. The number of carbonyl (C=O) groups excluding carboxylic acids is 2. The third-order valence-corrected chi connectivity index (χ3v) is 10.3. The lowest BCUT2D eigenvalue weighted by Gasteiger charge is -2.44. The van der Waals surface area contributed by atoms with Crippen molar-refractivity contribution in [1.82, 2.24) is 14.7 Å². The van der Waals surface area contributed by atoms with E-state index in [1.54, 1.807) is 12.1 Å². The van der Waals surface area contributed by atoms with Gasteiger partial charge >= 0.3 is 5.97 Å². The number of piperazine rings is 1. The van der Waals surface area contributed by atoms with Gasteiger partial charge in [-0.25, -0.2) is 13.2 Å². The van der Waals surface area contributed by atoms with Gasteiger partial charge in [-0.05, 0) is 88.1 Å². The van der Waals surface area contributed by atoms with Gasteiger partial charge in [0.1, 0.15) is 29.1 Å². The largest absolute Gasteiger partial charge is 0.459 e. The summed E-state index contributed by atoms with van der Waals surface area (Å²) in [7, 11) is 0. The number of hydrogen-bond acceptors (Lipinski definition) is 6. The Balaban J connectivity index is 1.20. The van der Waals surface area contributed by atoms with Gasteiger partial charge in [-0.3, -0.25) is 19.4 Å². The Hall–Kier alpha value is -2.95. The van der Waals surface area contributed by atoms with Crippen LogP contribution < -0.4 is 0 Å². The number of esters is 1. The van der Waals surface area contributed by atoms with Crippen LogP contribution in [0.25, 0.3) is 0 Å². The van der Waals surface area contributed by atoms with Crippen LogP contribution in [-0.4, -0.2) is 96.2 Å². The number of hydrogen-bond donors (Lipinski definition) is 0. The van der Waals surface area contributed by atoms with Gasteiger partial charge in [0.15, 0.2) is 0 Å². The molecule has 4 aliphatic rings. The molecule has 7 nitrogen and oxygen atoms in total. The Labute approximate surface area is 276 Å². The van der Waals surface area contributed by atoms with Gasteiger partial charge in [-0.15, -0.1) is 0 Å². The summed E-state index contributed by atoms with van der Waals surface area (Å²) in [5.41, 5.74) is 1.13. The molecule has 6 rings (SSSR count). The van der Waals surface area contributed by atoms with Crippen LogP contribution in [0.15, 0.2) is 36.4 Å². The smallest absolute Gasteiger partial charge is 0.324 e. The second-order valence-corrected chi connectivity index (χ2v) is 14.9. The van der Waals surface area contributed by atoms with E-state index in [-0.39, 0.29) is 30.2 Å². The summed E-state index contributed by atoms with van der Waals surface area (Å²) < 4.78 is 55.7. The molecule has 10 heteroatoms. The number of halogens is 3. The average molecular weight is 656 g/mol. The van der Waals surface area contributed by atoms with Crippen LogP contribution >= 0.6 is 0 Å². The highest BCUT2D eigenvalue weighted by Crippen LogP contribution is 2.41. The van der Waals surface area contributed by atoms with Gasteiger partial charge in [-0.1, -0.05) is 18.2 Å². The van der Waals surface area contributed by atoms with E-state index in [1.807, 2.05) is 43.6 Å². The maximum Gasteiger partial charge on any atom is 0.324 e. The Morgan fingerprint density at radius 1 is 0.936 bits per heavy atom. The van der Waals surface area contributed by atoms with E-state index >= 15 is 8.78 Å². The molecule has 256 valence electrons. The fourth-order valence-corrected chi connectivity index (χ4v) is 7.70. The summed E-state index contributed by atoms with van der Waals surface area (Å²) in [6.45, 7) is 10.9. The molecule has 47 heavy (non-hydrogen) atoms. The molecule has 3 aliphatic heterocycles. The molecule has 1 amide bonds. The maximum atomic E-state index is 15.3. The van der Waals surface area contributed by atoms with E-state index in [4.69, 9.17) is 9.47 Å². The van der Waals surface area contributed by atoms with Gasteiger partial charge in [0, 0.05) is 76.4 Å². The molecule has 0 radical (unpaired) electrons. The number of likely N-dealkylation sites (tertiary alicyclic amines) is 1. The first-order chi connectivity index (χ1) is 22.4. The first-order valence-electron chi connectivity index (χ1n) is 17.2. The first kappa shape index (κ1) is 33.9. The average Bonchev–Trinajstić information content (AvgIpc) is 3.78. The SMILES string of the molecule is C[C@H]1CN([C@@H](Cc2ccc(C3CC3)cc2F)C(=O)OC(C)(C)C)CCN1C(=O)[C@@H]1CN(C2CCOCC2)C[C@H]1c1ccc(F)cc1F. The van der Waals surface area contributed by atoms with Crippen LogP contribution in [0.3, 0.4) is 0 Å². The number of amides is 1. The van der Waals surface area contributed by atoms with Crippen molar-refractivity contribution in [3.63, 3.8) is 0 Å². The van der Waals surface area contributed by atoms with Gasteiger partial charge in [0.05, 0.1) is 5.92 Å². The molecule has 2 aromatic carbocycles. The quantitative estimate of drug-likeness (QED) is 0.342. The van der Waals surface area contributed by atoms with E-state index in [1.165, 1.54) is 12.1 Å². The molecule has 0 aromatic heterocycles. The van der Waals surface area contributed by atoms with E-state index in [2.05, 4.69) is 4.90 Å². The lowest BCUT2D eigenvalue weighted by molar-refractivity contribution is -0.163. The van der Waals surface area contributed by atoms with Crippen LogP contribution in [0.2, 0.25) is 0 Å². The Morgan fingerprint density at radius 2 is 1.68 bits per heavy atom. The predicted octanol–water partition coefficient (Wildman–Crippen LogP) is 5.66. The zero-order valence-electron chi connectivity index (χ0n) is 28.0. The normalized spacial score (nSPS) is 25.6. The summed E-state index contributed by atoms with van der Waals surface area (Å²) in [6, 6.07) is 8.28. The molecule has 0 bridgehead atoms. The van der Waals surface area contributed by atoms with E-state index in [0.29, 0.717) is 63.0 Å². The summed E-state index contributed by atoms with van der Waals surface area (Å²) in [5.74, 6) is -2.53. The number of nitrogens with zero attached hydrogens (tertiary/aromatic N) is 3. The second-order valence-electron chi connectivity index (χ2n) is 14.9. The van der Waals surface area contributed by atoms with Crippen LogP contribution in [0.4, 0.5) is 13.2 Å². The Kier molecular flexibility index (Phi) is 10.0. The molecule has 4 fully saturated rings. The summed E-state index contributed by atoms with van der Waals surface area (Å²) in [4.78, 5) is 34.1. The molecule has 0 spiro atoms. The molecule has 2 aromatic rings. The molecule has 3 saturated heterocycles. The molecule has 4 atom stereocenters. The minimum absolute atomic E-state index is 0.0593. The number of rotatable bonds is 8. The summed E-state index contributed by atoms with van der Waals surface area (Å²) in [6.07, 6.45) is 4.03. The second kappa shape index (κ2) is 13.9. The topological polar surface area (TPSA) is 62.3 Å². The molecule has 3 heterocycles. The Morgan fingerprint density at radius 3 is 2.32 bits per heavy atom. The fourth-order valence-electron chi connectivity index (χ4n) is 7.70.